The van der Waals surface area contributed by atoms with Crippen molar-refractivity contribution in [3.05, 3.63) is 75.9 Å². The van der Waals surface area contributed by atoms with Gasteiger partial charge in [-0.15, -0.1) is 0 Å². The summed E-state index contributed by atoms with van der Waals surface area (Å²) >= 11 is 12.9. The zero-order valence-corrected chi connectivity index (χ0v) is 15.9. The molecule has 7 heteroatoms. The van der Waals surface area contributed by atoms with Gasteiger partial charge in [-0.2, -0.15) is 5.10 Å². The number of aliphatic hydroxyl groups is 1. The Bertz CT molecular complexity index is 998. The van der Waals surface area contributed by atoms with E-state index in [9.17, 15) is 9.90 Å². The van der Waals surface area contributed by atoms with Gasteiger partial charge in [-0.05, 0) is 24.3 Å². The van der Waals surface area contributed by atoms with E-state index in [1.54, 1.807) is 10.7 Å². The predicted molar refractivity (Wildman–Crippen MR) is 106 cm³/mol. The number of esters is 1. The lowest BCUT2D eigenvalue weighted by atomic mass is 10.1. The molecule has 3 aromatic rings. The maximum Gasteiger partial charge on any atom is 0.336 e. The van der Waals surface area contributed by atoms with E-state index < -0.39 is 12.6 Å². The summed E-state index contributed by atoms with van der Waals surface area (Å²) in [5.74, 6) is -0.647. The first-order chi connectivity index (χ1) is 13.1. The molecule has 0 amide bonds. The van der Waals surface area contributed by atoms with Gasteiger partial charge in [0.25, 0.3) is 0 Å². The number of carbonyl (C=O) groups is 1. The standard InChI is InChI=1S/C20H16Cl2N2O3/c1-27-20(26)13(12-25)11-16-18(15-9-5-6-10-17(15)21)23-24(19(16)22)14-7-3-2-4-8-14/h2-11,25H,12H2,1H3. The summed E-state index contributed by atoms with van der Waals surface area (Å²) < 4.78 is 6.27. The van der Waals surface area contributed by atoms with Crippen molar-refractivity contribution < 1.29 is 14.6 Å². The number of aromatic nitrogens is 2. The Hall–Kier alpha value is -2.60. The van der Waals surface area contributed by atoms with Crippen LogP contribution in [0.4, 0.5) is 0 Å². The van der Waals surface area contributed by atoms with Crippen molar-refractivity contribution >= 4 is 35.2 Å². The number of para-hydroxylation sites is 1. The molecule has 0 atom stereocenters. The molecule has 0 aliphatic heterocycles. The molecule has 1 heterocycles. The lowest BCUT2D eigenvalue weighted by Crippen LogP contribution is -2.08. The van der Waals surface area contributed by atoms with Crippen LogP contribution >= 0.6 is 23.2 Å². The topological polar surface area (TPSA) is 64.3 Å². The average molecular weight is 403 g/mol. The molecule has 138 valence electrons. The van der Waals surface area contributed by atoms with Crippen molar-refractivity contribution in [3.63, 3.8) is 0 Å². The highest BCUT2D eigenvalue weighted by Gasteiger charge is 2.21. The molecule has 0 fully saturated rings. The minimum absolute atomic E-state index is 0.0558. The van der Waals surface area contributed by atoms with Gasteiger partial charge in [0.05, 0.1) is 30.0 Å². The van der Waals surface area contributed by atoms with Gasteiger partial charge in [0.15, 0.2) is 0 Å². The number of hydrogen-bond acceptors (Lipinski definition) is 4. The number of carbonyl (C=O) groups excluding carboxylic acids is 1. The van der Waals surface area contributed by atoms with Crippen LogP contribution in [0.2, 0.25) is 10.2 Å². The van der Waals surface area contributed by atoms with E-state index in [1.165, 1.54) is 13.2 Å². The van der Waals surface area contributed by atoms with E-state index in [0.29, 0.717) is 21.8 Å². The molecule has 0 saturated carbocycles. The second kappa shape index (κ2) is 8.39. The lowest BCUT2D eigenvalue weighted by molar-refractivity contribution is -0.136. The van der Waals surface area contributed by atoms with Crippen LogP contribution in [0.1, 0.15) is 5.56 Å². The van der Waals surface area contributed by atoms with Gasteiger partial charge in [-0.1, -0.05) is 59.6 Å². The van der Waals surface area contributed by atoms with Gasteiger partial charge >= 0.3 is 5.97 Å². The molecule has 1 N–H and O–H groups in total. The Balaban J connectivity index is 2.27. The monoisotopic (exact) mass is 402 g/mol. The molecule has 27 heavy (non-hydrogen) atoms. The molecule has 0 spiro atoms. The smallest absolute Gasteiger partial charge is 0.336 e. The molecule has 0 aliphatic rings. The molecule has 2 aromatic carbocycles. The van der Waals surface area contributed by atoms with Crippen molar-refractivity contribution in [2.45, 2.75) is 0 Å². The van der Waals surface area contributed by atoms with Gasteiger partial charge < -0.3 is 9.84 Å². The summed E-state index contributed by atoms with van der Waals surface area (Å²) in [7, 11) is 1.25. The molecule has 0 bridgehead atoms. The van der Waals surface area contributed by atoms with Gasteiger partial charge in [0.1, 0.15) is 10.8 Å². The summed E-state index contributed by atoms with van der Waals surface area (Å²) in [6.07, 6.45) is 1.47. The molecular formula is C20H16Cl2N2O3. The quantitative estimate of drug-likeness (QED) is 0.507. The third kappa shape index (κ3) is 3.90. The van der Waals surface area contributed by atoms with Gasteiger partial charge in [-0.3, -0.25) is 0 Å². The number of nitrogens with zero attached hydrogens (tertiary/aromatic N) is 2. The Labute approximate surface area is 166 Å². The molecular weight excluding hydrogens is 387 g/mol. The van der Waals surface area contributed by atoms with Crippen LogP contribution in [0.5, 0.6) is 0 Å². The summed E-state index contributed by atoms with van der Waals surface area (Å²) in [5, 5.41) is 14.9. The fourth-order valence-electron chi connectivity index (χ4n) is 2.60. The van der Waals surface area contributed by atoms with Crippen molar-refractivity contribution in [1.29, 1.82) is 0 Å². The fraction of sp³-hybridized carbons (Fsp3) is 0.100. The zero-order chi connectivity index (χ0) is 19.4. The maximum absolute atomic E-state index is 11.9. The Kier molecular flexibility index (Phi) is 5.96. The molecule has 5 nitrogen and oxygen atoms in total. The van der Waals surface area contributed by atoms with Crippen LogP contribution in [0.15, 0.2) is 60.2 Å². The summed E-state index contributed by atoms with van der Waals surface area (Å²) in [4.78, 5) is 11.9. The number of rotatable bonds is 5. The third-order valence-corrected chi connectivity index (χ3v) is 4.62. The second-order valence-electron chi connectivity index (χ2n) is 5.60. The van der Waals surface area contributed by atoms with E-state index in [4.69, 9.17) is 27.9 Å². The van der Waals surface area contributed by atoms with Gasteiger partial charge in [0, 0.05) is 11.1 Å². The van der Waals surface area contributed by atoms with Gasteiger partial charge in [-0.25, -0.2) is 9.48 Å². The number of ether oxygens (including phenoxy) is 1. The van der Waals surface area contributed by atoms with Crippen molar-refractivity contribution in [3.8, 4) is 16.9 Å². The second-order valence-corrected chi connectivity index (χ2v) is 6.36. The average Bonchev–Trinajstić information content (AvgIpc) is 3.02. The first kappa shape index (κ1) is 19.2. The summed E-state index contributed by atoms with van der Waals surface area (Å²) in [6, 6.07) is 16.5. The normalized spacial score (nSPS) is 11.5. The molecule has 0 saturated heterocycles. The van der Waals surface area contributed by atoms with Gasteiger partial charge in [0.2, 0.25) is 0 Å². The first-order valence-corrected chi connectivity index (χ1v) is 8.81. The van der Waals surface area contributed by atoms with Crippen molar-refractivity contribution in [2.24, 2.45) is 0 Å². The molecule has 0 radical (unpaired) electrons. The van der Waals surface area contributed by atoms with E-state index >= 15 is 0 Å². The van der Waals surface area contributed by atoms with Crippen LogP contribution in [0.3, 0.4) is 0 Å². The minimum Gasteiger partial charge on any atom is -0.466 e. The van der Waals surface area contributed by atoms with Crippen molar-refractivity contribution in [1.82, 2.24) is 9.78 Å². The summed E-state index contributed by atoms with van der Waals surface area (Å²) in [5.41, 5.74) is 2.41. The minimum atomic E-state index is -0.647. The number of benzene rings is 2. The zero-order valence-electron chi connectivity index (χ0n) is 14.4. The SMILES string of the molecule is COC(=O)C(=Cc1c(-c2ccccc2Cl)nn(-c2ccccc2)c1Cl)CO. The van der Waals surface area contributed by atoms with Crippen LogP contribution < -0.4 is 0 Å². The van der Waals surface area contributed by atoms with Crippen molar-refractivity contribution in [2.75, 3.05) is 13.7 Å². The van der Waals surface area contributed by atoms with Crippen LogP contribution in [-0.4, -0.2) is 34.6 Å². The number of halogens is 2. The Morgan fingerprint density at radius 1 is 1.15 bits per heavy atom. The lowest BCUT2D eigenvalue weighted by Gasteiger charge is -2.04. The molecule has 0 unspecified atom stereocenters. The first-order valence-electron chi connectivity index (χ1n) is 8.05. The highest BCUT2D eigenvalue weighted by atomic mass is 35.5. The van der Waals surface area contributed by atoms with E-state index in [2.05, 4.69) is 5.10 Å². The number of aliphatic hydroxyl groups excluding tert-OH is 1. The molecule has 0 aliphatic carbocycles. The highest BCUT2D eigenvalue weighted by molar-refractivity contribution is 6.34. The predicted octanol–water partition coefficient (Wildman–Crippen LogP) is 4.39. The highest BCUT2D eigenvalue weighted by Crippen LogP contribution is 2.36. The fourth-order valence-corrected chi connectivity index (χ4v) is 3.11. The van der Waals surface area contributed by atoms with E-state index in [1.807, 2.05) is 48.5 Å². The maximum atomic E-state index is 11.9. The van der Waals surface area contributed by atoms with Crippen LogP contribution in [-0.2, 0) is 9.53 Å². The number of hydrogen-bond donors (Lipinski definition) is 1. The molecule has 3 rings (SSSR count). The Morgan fingerprint density at radius 2 is 1.81 bits per heavy atom. The third-order valence-electron chi connectivity index (χ3n) is 3.93. The number of methoxy groups -OCH3 is 1. The van der Waals surface area contributed by atoms with Crippen LogP contribution in [0, 0.1) is 0 Å². The molecule has 1 aromatic heterocycles. The van der Waals surface area contributed by atoms with E-state index in [-0.39, 0.29) is 10.7 Å². The van der Waals surface area contributed by atoms with Crippen LogP contribution in [0.25, 0.3) is 23.0 Å². The largest absolute Gasteiger partial charge is 0.466 e. The Morgan fingerprint density at radius 3 is 2.44 bits per heavy atom. The van der Waals surface area contributed by atoms with E-state index in [0.717, 1.165) is 5.69 Å². The summed E-state index contributed by atoms with van der Waals surface area (Å²) in [6.45, 7) is -0.499.